The fraction of sp³-hybridized carbons (Fsp3) is 0.421. The van der Waals surface area contributed by atoms with Gasteiger partial charge in [0, 0.05) is 19.6 Å². The van der Waals surface area contributed by atoms with E-state index in [1.165, 1.54) is 11.8 Å². The molecule has 0 bridgehead atoms. The average molecular weight is 398 g/mol. The summed E-state index contributed by atoms with van der Waals surface area (Å²) in [5, 5.41) is 26.7. The lowest BCUT2D eigenvalue weighted by Gasteiger charge is -2.20. The van der Waals surface area contributed by atoms with Gasteiger partial charge in [0.2, 0.25) is 5.91 Å². The maximum atomic E-state index is 12.5. The fourth-order valence-corrected chi connectivity index (χ4v) is 3.56. The summed E-state index contributed by atoms with van der Waals surface area (Å²) in [5.41, 5.74) is 0.835. The molecule has 0 radical (unpaired) electrons. The highest BCUT2D eigenvalue weighted by Gasteiger charge is 2.19. The van der Waals surface area contributed by atoms with Crippen LogP contribution < -0.4 is 4.74 Å². The summed E-state index contributed by atoms with van der Waals surface area (Å²) in [6.45, 7) is 3.28. The first-order chi connectivity index (χ1) is 13.7. The number of aromatic nitrogens is 3. The standard InChI is InChI=1S/C19H22N6O2S/c1-3-25-18(15-8-4-5-9-16(15)27-2)22-23-19(25)28-14-17(26)24(12-6-10-20)13-7-11-21/h4-5,8-9H,3,6-7,12-14H2,1-2H3. The summed E-state index contributed by atoms with van der Waals surface area (Å²) in [6, 6.07) is 11.6. The van der Waals surface area contributed by atoms with Crippen LogP contribution in [0.25, 0.3) is 11.4 Å². The molecular weight excluding hydrogens is 376 g/mol. The SMILES string of the molecule is CCn1c(SCC(=O)N(CCC#N)CCC#N)nnc1-c1ccccc1OC. The van der Waals surface area contributed by atoms with E-state index in [1.807, 2.05) is 47.9 Å². The van der Waals surface area contributed by atoms with Crippen LogP contribution in [-0.4, -0.2) is 51.5 Å². The zero-order valence-corrected chi connectivity index (χ0v) is 16.8. The number of methoxy groups -OCH3 is 1. The first kappa shape index (κ1) is 21.3. The number of benzene rings is 1. The Bertz CT molecular complexity index is 865. The Kier molecular flexibility index (Phi) is 8.32. The maximum Gasteiger partial charge on any atom is 0.233 e. The second-order valence-corrected chi connectivity index (χ2v) is 6.68. The van der Waals surface area contributed by atoms with Gasteiger partial charge in [0.1, 0.15) is 5.75 Å². The third kappa shape index (κ3) is 5.24. The summed E-state index contributed by atoms with van der Waals surface area (Å²) in [5.74, 6) is 1.43. The minimum Gasteiger partial charge on any atom is -0.496 e. The van der Waals surface area contributed by atoms with E-state index in [0.717, 1.165) is 5.56 Å². The summed E-state index contributed by atoms with van der Waals surface area (Å²) in [4.78, 5) is 14.1. The number of nitrogens with zero attached hydrogens (tertiary/aromatic N) is 6. The van der Waals surface area contributed by atoms with Crippen LogP contribution in [0, 0.1) is 22.7 Å². The van der Waals surface area contributed by atoms with Gasteiger partial charge in [-0.2, -0.15) is 10.5 Å². The second kappa shape index (κ2) is 11.0. The van der Waals surface area contributed by atoms with E-state index < -0.39 is 0 Å². The van der Waals surface area contributed by atoms with Gasteiger partial charge in [0.25, 0.3) is 0 Å². The normalized spacial score (nSPS) is 10.1. The molecule has 0 spiro atoms. The minimum atomic E-state index is -0.125. The van der Waals surface area contributed by atoms with Crippen LogP contribution in [0.4, 0.5) is 0 Å². The van der Waals surface area contributed by atoms with E-state index in [9.17, 15) is 4.79 Å². The van der Waals surface area contributed by atoms with Crippen molar-refractivity contribution in [3.63, 3.8) is 0 Å². The molecule has 0 aliphatic rings. The number of ether oxygens (including phenoxy) is 1. The lowest BCUT2D eigenvalue weighted by Crippen LogP contribution is -2.34. The first-order valence-electron chi connectivity index (χ1n) is 8.87. The van der Waals surface area contributed by atoms with Crippen molar-refractivity contribution in [2.24, 2.45) is 0 Å². The molecule has 1 heterocycles. The Hall–Kier alpha value is -3.04. The van der Waals surface area contributed by atoms with Gasteiger partial charge in [-0.3, -0.25) is 4.79 Å². The van der Waals surface area contributed by atoms with Crippen molar-refractivity contribution >= 4 is 17.7 Å². The molecule has 2 rings (SSSR count). The topological polar surface area (TPSA) is 108 Å². The fourth-order valence-electron chi connectivity index (χ4n) is 2.66. The molecule has 8 nitrogen and oxygen atoms in total. The predicted octanol–water partition coefficient (Wildman–Crippen LogP) is 2.72. The Morgan fingerprint density at radius 3 is 2.50 bits per heavy atom. The van der Waals surface area contributed by atoms with Crippen molar-refractivity contribution in [1.82, 2.24) is 19.7 Å². The lowest BCUT2D eigenvalue weighted by atomic mass is 10.2. The molecular formula is C19H22N6O2S. The molecule has 0 atom stereocenters. The number of hydrogen-bond donors (Lipinski definition) is 0. The molecule has 0 unspecified atom stereocenters. The number of para-hydroxylation sites is 1. The largest absolute Gasteiger partial charge is 0.496 e. The van der Waals surface area contributed by atoms with Crippen LogP contribution in [0.1, 0.15) is 19.8 Å². The molecule has 28 heavy (non-hydrogen) atoms. The number of carbonyl (C=O) groups is 1. The second-order valence-electron chi connectivity index (χ2n) is 5.74. The molecule has 2 aromatic rings. The smallest absolute Gasteiger partial charge is 0.233 e. The van der Waals surface area contributed by atoms with Gasteiger partial charge in [0.05, 0.1) is 43.4 Å². The van der Waals surface area contributed by atoms with Crippen LogP contribution in [-0.2, 0) is 11.3 Å². The summed E-state index contributed by atoms with van der Waals surface area (Å²) in [7, 11) is 1.61. The Morgan fingerprint density at radius 1 is 1.21 bits per heavy atom. The van der Waals surface area contributed by atoms with E-state index in [1.54, 1.807) is 12.0 Å². The summed E-state index contributed by atoms with van der Waals surface area (Å²) in [6.07, 6.45) is 0.482. The molecule has 1 amide bonds. The predicted molar refractivity (Wildman–Crippen MR) is 105 cm³/mol. The van der Waals surface area contributed by atoms with Crippen molar-refractivity contribution < 1.29 is 9.53 Å². The molecule has 0 fully saturated rings. The first-order valence-corrected chi connectivity index (χ1v) is 9.85. The third-order valence-electron chi connectivity index (χ3n) is 4.05. The van der Waals surface area contributed by atoms with Crippen LogP contribution in [0.3, 0.4) is 0 Å². The Balaban J connectivity index is 2.14. The van der Waals surface area contributed by atoms with Gasteiger partial charge in [0.15, 0.2) is 11.0 Å². The molecule has 1 aromatic carbocycles. The Morgan fingerprint density at radius 2 is 1.89 bits per heavy atom. The van der Waals surface area contributed by atoms with Crippen molar-refractivity contribution in [3.05, 3.63) is 24.3 Å². The van der Waals surface area contributed by atoms with Crippen molar-refractivity contribution in [1.29, 1.82) is 10.5 Å². The van der Waals surface area contributed by atoms with Gasteiger partial charge in [-0.15, -0.1) is 10.2 Å². The van der Waals surface area contributed by atoms with E-state index in [2.05, 4.69) is 10.2 Å². The number of hydrogen-bond acceptors (Lipinski definition) is 7. The van der Waals surface area contributed by atoms with Crippen molar-refractivity contribution in [3.8, 4) is 29.3 Å². The van der Waals surface area contributed by atoms with Crippen LogP contribution in [0.5, 0.6) is 5.75 Å². The molecule has 0 saturated heterocycles. The maximum absolute atomic E-state index is 12.5. The summed E-state index contributed by atoms with van der Waals surface area (Å²) >= 11 is 1.30. The van der Waals surface area contributed by atoms with E-state index in [4.69, 9.17) is 15.3 Å². The van der Waals surface area contributed by atoms with Gasteiger partial charge in [-0.25, -0.2) is 0 Å². The van der Waals surface area contributed by atoms with Crippen molar-refractivity contribution in [2.45, 2.75) is 31.5 Å². The highest BCUT2D eigenvalue weighted by molar-refractivity contribution is 7.99. The molecule has 0 N–H and O–H groups in total. The number of nitriles is 2. The van der Waals surface area contributed by atoms with Crippen LogP contribution >= 0.6 is 11.8 Å². The molecule has 0 aliphatic heterocycles. The summed E-state index contributed by atoms with van der Waals surface area (Å²) < 4.78 is 7.35. The van der Waals surface area contributed by atoms with Crippen LogP contribution in [0.15, 0.2) is 29.4 Å². The quantitative estimate of drug-likeness (QED) is 0.566. The van der Waals surface area contributed by atoms with Gasteiger partial charge >= 0.3 is 0 Å². The lowest BCUT2D eigenvalue weighted by molar-refractivity contribution is -0.128. The molecule has 9 heteroatoms. The van der Waals surface area contributed by atoms with E-state index >= 15 is 0 Å². The molecule has 146 valence electrons. The van der Waals surface area contributed by atoms with Gasteiger partial charge in [-0.1, -0.05) is 23.9 Å². The van der Waals surface area contributed by atoms with Gasteiger partial charge < -0.3 is 14.2 Å². The number of thioether (sulfide) groups is 1. The number of amides is 1. The number of rotatable bonds is 10. The average Bonchev–Trinajstić information content (AvgIpc) is 3.14. The monoisotopic (exact) mass is 398 g/mol. The number of carbonyl (C=O) groups excluding carboxylic acids is 1. The minimum absolute atomic E-state index is 0.125. The zero-order valence-electron chi connectivity index (χ0n) is 16.0. The van der Waals surface area contributed by atoms with E-state index in [-0.39, 0.29) is 24.5 Å². The van der Waals surface area contributed by atoms with E-state index in [0.29, 0.717) is 36.4 Å². The van der Waals surface area contributed by atoms with Gasteiger partial charge in [-0.05, 0) is 19.1 Å². The third-order valence-corrected chi connectivity index (χ3v) is 5.00. The highest BCUT2D eigenvalue weighted by atomic mass is 32.2. The van der Waals surface area contributed by atoms with Crippen molar-refractivity contribution in [2.75, 3.05) is 26.0 Å². The molecule has 0 aliphatic carbocycles. The molecule has 0 saturated carbocycles. The highest BCUT2D eigenvalue weighted by Crippen LogP contribution is 2.30. The zero-order chi connectivity index (χ0) is 20.4. The Labute approximate surface area is 168 Å². The van der Waals surface area contributed by atoms with Crippen LogP contribution in [0.2, 0.25) is 0 Å². The molecule has 1 aromatic heterocycles.